The first-order valence-corrected chi connectivity index (χ1v) is 12.5. The molecule has 1 heterocycles. The number of rotatable bonds is 4. The van der Waals surface area contributed by atoms with E-state index in [4.69, 9.17) is 18.9 Å². The number of allylic oxidation sites excluding steroid dienone is 1. The minimum atomic E-state index is -5.20. The normalized spacial score (nSPS) is 26.0. The number of ketones is 1. The van der Waals surface area contributed by atoms with E-state index >= 15 is 0 Å². The Morgan fingerprint density at radius 1 is 0.950 bits per heavy atom. The fourth-order valence-corrected chi connectivity index (χ4v) is 5.84. The van der Waals surface area contributed by atoms with E-state index in [1.54, 1.807) is 24.3 Å². The van der Waals surface area contributed by atoms with Gasteiger partial charge in [-0.1, -0.05) is 60.7 Å². The van der Waals surface area contributed by atoms with Crippen LogP contribution in [0.3, 0.4) is 0 Å². The maximum absolute atomic E-state index is 14.6. The molecule has 0 aromatic heterocycles. The third-order valence-electron chi connectivity index (χ3n) is 7.66. The topological polar surface area (TPSA) is 91.3 Å². The number of alkyl halides is 3. The van der Waals surface area contributed by atoms with Crippen LogP contribution in [0, 0.1) is 11.8 Å². The standard InChI is InChI=1S/C30H23F3O7/c1-37-29(30(31,32)33,18-9-3-2-4-10-18)27(36)38-23-14-13-19(34)25-20(35)15-16-28(26(23)25)39-21-11-5-7-17-8-6-12-22(40-28)24(17)21/h2-16,19,23,25-26,34H,1H3/t19-,23+,25-,26+,29-/m0/s1. The van der Waals surface area contributed by atoms with Gasteiger partial charge in [-0.2, -0.15) is 13.2 Å². The van der Waals surface area contributed by atoms with Crippen LogP contribution in [0.1, 0.15) is 5.56 Å². The zero-order valence-corrected chi connectivity index (χ0v) is 21.0. The van der Waals surface area contributed by atoms with Gasteiger partial charge in [0.25, 0.3) is 11.4 Å². The van der Waals surface area contributed by atoms with Crippen molar-refractivity contribution in [2.24, 2.45) is 11.8 Å². The van der Waals surface area contributed by atoms with Crippen molar-refractivity contribution in [3.05, 3.63) is 96.6 Å². The van der Waals surface area contributed by atoms with Gasteiger partial charge in [-0.3, -0.25) is 4.79 Å². The zero-order chi connectivity index (χ0) is 28.3. The Balaban J connectivity index is 1.45. The predicted molar refractivity (Wildman–Crippen MR) is 135 cm³/mol. The largest absolute Gasteiger partial charge is 0.455 e. The molecule has 1 N–H and O–H groups in total. The van der Waals surface area contributed by atoms with Gasteiger partial charge < -0.3 is 24.1 Å². The first-order valence-electron chi connectivity index (χ1n) is 12.5. The Hall–Kier alpha value is -4.15. The number of esters is 1. The van der Waals surface area contributed by atoms with Crippen molar-refractivity contribution >= 4 is 22.5 Å². The molecule has 40 heavy (non-hydrogen) atoms. The highest BCUT2D eigenvalue weighted by molar-refractivity contribution is 5.96. The molecule has 10 heteroatoms. The van der Waals surface area contributed by atoms with E-state index in [1.165, 1.54) is 42.5 Å². The number of fused-ring (bicyclic) bond motifs is 2. The average molecular weight is 553 g/mol. The molecule has 3 aromatic carbocycles. The molecule has 1 spiro atoms. The highest BCUT2D eigenvalue weighted by atomic mass is 19.4. The molecular weight excluding hydrogens is 529 g/mol. The number of hydrogen-bond acceptors (Lipinski definition) is 7. The quantitative estimate of drug-likeness (QED) is 0.373. The number of aliphatic hydroxyl groups excluding tert-OH is 1. The Labute approximate surface area is 226 Å². The molecule has 0 fully saturated rings. The second kappa shape index (κ2) is 9.21. The summed E-state index contributed by atoms with van der Waals surface area (Å²) in [5.41, 5.74) is -3.94. The number of methoxy groups -OCH3 is 1. The SMILES string of the molecule is CO[C@](C(=O)O[C@@H]1C=C[C@H](O)[C@H]2C(=O)C=CC3(Oc4cccc5cccc(c45)O3)[C@@H]21)(c1ccccc1)C(F)(F)F. The van der Waals surface area contributed by atoms with Crippen LogP contribution in [-0.4, -0.2) is 48.1 Å². The summed E-state index contributed by atoms with van der Waals surface area (Å²) in [5.74, 6) is -5.75. The highest BCUT2D eigenvalue weighted by Gasteiger charge is 2.66. The van der Waals surface area contributed by atoms with Gasteiger partial charge in [0.05, 0.1) is 23.3 Å². The van der Waals surface area contributed by atoms with Crippen molar-refractivity contribution in [3.63, 3.8) is 0 Å². The fourth-order valence-electron chi connectivity index (χ4n) is 5.84. The van der Waals surface area contributed by atoms with Gasteiger partial charge in [0.15, 0.2) is 5.78 Å². The van der Waals surface area contributed by atoms with Gasteiger partial charge >= 0.3 is 12.1 Å². The number of carbonyl (C=O) groups is 2. The van der Waals surface area contributed by atoms with E-state index in [2.05, 4.69) is 0 Å². The summed E-state index contributed by atoms with van der Waals surface area (Å²) in [6.45, 7) is 0. The number of ether oxygens (including phenoxy) is 4. The van der Waals surface area contributed by atoms with Crippen molar-refractivity contribution < 1.29 is 46.8 Å². The van der Waals surface area contributed by atoms with Gasteiger partial charge in [0, 0.05) is 18.7 Å². The van der Waals surface area contributed by atoms with Gasteiger partial charge in [0.1, 0.15) is 17.6 Å². The van der Waals surface area contributed by atoms with Crippen molar-refractivity contribution in [3.8, 4) is 11.5 Å². The van der Waals surface area contributed by atoms with E-state index < -0.39 is 58.9 Å². The van der Waals surface area contributed by atoms with Crippen LogP contribution in [-0.2, 0) is 24.7 Å². The van der Waals surface area contributed by atoms with Crippen LogP contribution in [0.15, 0.2) is 91.0 Å². The van der Waals surface area contributed by atoms with Crippen LogP contribution in [0.2, 0.25) is 0 Å². The van der Waals surface area contributed by atoms with Crippen LogP contribution < -0.4 is 9.47 Å². The Morgan fingerprint density at radius 2 is 1.60 bits per heavy atom. The van der Waals surface area contributed by atoms with E-state index in [0.29, 0.717) is 16.9 Å². The molecule has 0 bridgehead atoms. The summed E-state index contributed by atoms with van der Waals surface area (Å²) in [5, 5.41) is 12.3. The Bertz CT molecular complexity index is 1510. The average Bonchev–Trinajstić information content (AvgIpc) is 2.93. The van der Waals surface area contributed by atoms with E-state index in [0.717, 1.165) is 24.6 Å². The highest BCUT2D eigenvalue weighted by Crippen LogP contribution is 2.51. The Morgan fingerprint density at radius 3 is 2.20 bits per heavy atom. The minimum absolute atomic E-state index is 0.400. The van der Waals surface area contributed by atoms with Crippen molar-refractivity contribution in [1.29, 1.82) is 0 Å². The molecule has 2 aliphatic carbocycles. The lowest BCUT2D eigenvalue weighted by molar-refractivity contribution is -0.280. The third kappa shape index (κ3) is 3.74. The third-order valence-corrected chi connectivity index (χ3v) is 7.66. The van der Waals surface area contributed by atoms with Gasteiger partial charge in [-0.15, -0.1) is 0 Å². The molecule has 6 rings (SSSR count). The molecule has 0 saturated carbocycles. The number of halogens is 3. The first kappa shape index (κ1) is 26.1. The molecule has 0 amide bonds. The van der Waals surface area contributed by atoms with E-state index in [1.807, 2.05) is 12.1 Å². The zero-order valence-electron chi connectivity index (χ0n) is 21.0. The molecule has 3 aliphatic rings. The minimum Gasteiger partial charge on any atom is -0.455 e. The number of carbonyl (C=O) groups excluding carboxylic acids is 2. The maximum Gasteiger partial charge on any atom is 0.432 e. The lowest BCUT2D eigenvalue weighted by Crippen LogP contribution is -2.63. The summed E-state index contributed by atoms with van der Waals surface area (Å²) >= 11 is 0. The second-order valence-electron chi connectivity index (χ2n) is 9.82. The number of benzene rings is 3. The van der Waals surface area contributed by atoms with Gasteiger partial charge in [-0.05, 0) is 29.7 Å². The smallest absolute Gasteiger partial charge is 0.432 e. The molecular formula is C30H23F3O7. The summed E-state index contributed by atoms with van der Waals surface area (Å²) in [4.78, 5) is 26.6. The summed E-state index contributed by atoms with van der Waals surface area (Å²) in [6, 6.07) is 17.0. The maximum atomic E-state index is 14.6. The fraction of sp³-hybridized carbons (Fsp3) is 0.267. The lowest BCUT2D eigenvalue weighted by atomic mass is 9.69. The summed E-state index contributed by atoms with van der Waals surface area (Å²) in [7, 11) is 0.768. The molecule has 206 valence electrons. The van der Waals surface area contributed by atoms with Crippen molar-refractivity contribution in [1.82, 2.24) is 0 Å². The van der Waals surface area contributed by atoms with Gasteiger partial charge in [-0.25, -0.2) is 4.79 Å². The number of aliphatic hydroxyl groups is 1. The summed E-state index contributed by atoms with van der Waals surface area (Å²) < 4.78 is 66.8. The van der Waals surface area contributed by atoms with E-state index in [-0.39, 0.29) is 0 Å². The van der Waals surface area contributed by atoms with Gasteiger partial charge in [0.2, 0.25) is 0 Å². The van der Waals surface area contributed by atoms with Crippen molar-refractivity contribution in [2.45, 2.75) is 29.8 Å². The molecule has 5 atom stereocenters. The monoisotopic (exact) mass is 552 g/mol. The second-order valence-corrected chi connectivity index (χ2v) is 9.82. The van der Waals surface area contributed by atoms with Crippen LogP contribution >= 0.6 is 0 Å². The molecule has 0 saturated heterocycles. The molecule has 0 radical (unpaired) electrons. The number of hydrogen-bond donors (Lipinski definition) is 1. The van der Waals surface area contributed by atoms with Crippen molar-refractivity contribution in [2.75, 3.05) is 7.11 Å². The first-order chi connectivity index (χ1) is 19.1. The summed E-state index contributed by atoms with van der Waals surface area (Å²) in [6.07, 6.45) is -3.00. The Kier molecular flexibility index (Phi) is 6.01. The van der Waals surface area contributed by atoms with Crippen LogP contribution in [0.25, 0.3) is 10.8 Å². The lowest BCUT2D eigenvalue weighted by Gasteiger charge is -2.49. The molecule has 3 aromatic rings. The molecule has 0 unspecified atom stereocenters. The molecule has 1 aliphatic heterocycles. The van der Waals surface area contributed by atoms with Crippen LogP contribution in [0.5, 0.6) is 11.5 Å². The van der Waals surface area contributed by atoms with Crippen LogP contribution in [0.4, 0.5) is 13.2 Å². The molecule has 7 nitrogen and oxygen atoms in total. The van der Waals surface area contributed by atoms with E-state index in [9.17, 15) is 27.9 Å². The predicted octanol–water partition coefficient (Wildman–Crippen LogP) is 4.63.